The third-order valence-electron chi connectivity index (χ3n) is 0.744. The van der Waals surface area contributed by atoms with Crippen molar-refractivity contribution in [2.24, 2.45) is 0 Å². The van der Waals surface area contributed by atoms with Gasteiger partial charge in [-0.3, -0.25) is 0 Å². The molecule has 1 nitrogen and oxygen atoms in total. The molecule has 1 aromatic rings. The van der Waals surface area contributed by atoms with Gasteiger partial charge < -0.3 is 5.73 Å². The van der Waals surface area contributed by atoms with Crippen molar-refractivity contribution in [1.82, 2.24) is 0 Å². The molecule has 0 bridgehead atoms. The van der Waals surface area contributed by atoms with Gasteiger partial charge in [0.15, 0.2) is 0 Å². The van der Waals surface area contributed by atoms with Gasteiger partial charge in [-0.25, -0.2) is 0 Å². The molecule has 0 aliphatic heterocycles. The van der Waals surface area contributed by atoms with Crippen molar-refractivity contribution in [3.8, 4) is 0 Å². The smallest absolute Gasteiger partial charge is 0 e. The van der Waals surface area contributed by atoms with Gasteiger partial charge in [0.25, 0.3) is 0 Å². The number of anilines is 1. The molecule has 0 heterocycles. The second-order valence-electron chi connectivity index (χ2n) is 1.33. The summed E-state index contributed by atoms with van der Waals surface area (Å²) >= 11 is 0. The summed E-state index contributed by atoms with van der Waals surface area (Å²) in [6.45, 7) is 0. The van der Waals surface area contributed by atoms with E-state index in [2.05, 4.69) is 6.07 Å². The molecule has 0 unspecified atom stereocenters. The summed E-state index contributed by atoms with van der Waals surface area (Å²) in [6.07, 6.45) is 0. The predicted octanol–water partition coefficient (Wildman–Crippen LogP) is 1.07. The summed E-state index contributed by atoms with van der Waals surface area (Å²) in [5.74, 6) is 0. The van der Waals surface area contributed by atoms with Gasteiger partial charge in [0.05, 0.1) is 0 Å². The van der Waals surface area contributed by atoms with Crippen molar-refractivity contribution in [2.45, 2.75) is 0 Å². The van der Waals surface area contributed by atoms with Crippen molar-refractivity contribution in [1.29, 1.82) is 0 Å². The van der Waals surface area contributed by atoms with E-state index in [-0.39, 0.29) is 17.1 Å². The summed E-state index contributed by atoms with van der Waals surface area (Å²) in [7, 11) is 0. The number of hydrogen-bond acceptors (Lipinski definition) is 1. The third kappa shape index (κ3) is 2.01. The van der Waals surface area contributed by atoms with Gasteiger partial charge in [-0.05, 0) is 0 Å². The topological polar surface area (TPSA) is 26.0 Å². The van der Waals surface area contributed by atoms with Crippen molar-refractivity contribution in [2.75, 3.05) is 5.73 Å². The average molecular weight is 148 g/mol. The molecule has 1 aromatic carbocycles. The van der Waals surface area contributed by atoms with Crippen LogP contribution in [0.5, 0.6) is 0 Å². The van der Waals surface area contributed by atoms with Crippen LogP contribution in [0.3, 0.4) is 0 Å². The zero-order valence-corrected chi connectivity index (χ0v) is 5.34. The van der Waals surface area contributed by atoms with Crippen LogP contribution in [0.2, 0.25) is 0 Å². The normalized spacial score (nSPS) is 7.50. The van der Waals surface area contributed by atoms with Crippen LogP contribution in [0.25, 0.3) is 0 Å². The molecule has 0 radical (unpaired) electrons. The van der Waals surface area contributed by atoms with Crippen LogP contribution in [0.4, 0.5) is 5.69 Å². The molecule has 0 spiro atoms. The molecule has 0 amide bonds. The van der Waals surface area contributed by atoms with E-state index in [0.29, 0.717) is 0 Å². The third-order valence-corrected chi connectivity index (χ3v) is 0.744. The first-order valence-electron chi connectivity index (χ1n) is 2.11. The van der Waals surface area contributed by atoms with Gasteiger partial charge in [-0.15, -0.1) is 12.1 Å². The predicted molar refractivity (Wildman–Crippen MR) is 29.7 cm³/mol. The molecule has 0 atom stereocenters. The van der Waals surface area contributed by atoms with E-state index in [1.165, 1.54) is 0 Å². The van der Waals surface area contributed by atoms with Gasteiger partial charge >= 0.3 is 0 Å². The van der Waals surface area contributed by atoms with E-state index in [1.54, 1.807) is 24.3 Å². The number of rotatable bonds is 0. The van der Waals surface area contributed by atoms with Crippen LogP contribution >= 0.6 is 0 Å². The molecule has 0 aliphatic rings. The molecule has 0 saturated heterocycles. The molecule has 0 aromatic heterocycles. The van der Waals surface area contributed by atoms with E-state index in [0.717, 1.165) is 5.69 Å². The maximum Gasteiger partial charge on any atom is 0 e. The number of nitrogens with two attached hydrogens (primary N) is 1. The summed E-state index contributed by atoms with van der Waals surface area (Å²) in [6, 6.07) is 10.0. The maximum atomic E-state index is 5.34. The molecule has 8 heavy (non-hydrogen) atoms. The first-order valence-corrected chi connectivity index (χ1v) is 2.11. The molecule has 44 valence electrons. The minimum absolute atomic E-state index is 0. The second-order valence-corrected chi connectivity index (χ2v) is 1.33. The van der Waals surface area contributed by atoms with E-state index in [4.69, 9.17) is 5.73 Å². The van der Waals surface area contributed by atoms with Crippen LogP contribution in [0.15, 0.2) is 24.3 Å². The Labute approximate surface area is 59.4 Å². The Bertz CT molecular complexity index is 138. The van der Waals surface area contributed by atoms with E-state index in [1.807, 2.05) is 0 Å². The molecule has 0 fully saturated rings. The first kappa shape index (κ1) is 7.54. The minimum Gasteiger partial charge on any atom is -0.419 e. The van der Waals surface area contributed by atoms with Crippen molar-refractivity contribution < 1.29 is 17.1 Å². The van der Waals surface area contributed by atoms with Crippen LogP contribution in [0.1, 0.15) is 0 Å². The van der Waals surface area contributed by atoms with Crippen LogP contribution < -0.4 is 5.73 Å². The van der Waals surface area contributed by atoms with Gasteiger partial charge in [0.2, 0.25) is 0 Å². The van der Waals surface area contributed by atoms with E-state index < -0.39 is 0 Å². The zero-order chi connectivity index (χ0) is 5.11. The molecule has 1 rings (SSSR count). The van der Waals surface area contributed by atoms with Crippen molar-refractivity contribution in [3.63, 3.8) is 0 Å². The fraction of sp³-hybridized carbons (Fsp3) is 0. The number of hydrogen-bond donors (Lipinski definition) is 1. The van der Waals surface area contributed by atoms with Gasteiger partial charge in [0.1, 0.15) is 0 Å². The molecular weight excluding hydrogens is 142 g/mol. The zero-order valence-electron chi connectivity index (χ0n) is 4.24. The van der Waals surface area contributed by atoms with Crippen LogP contribution in [-0.4, -0.2) is 0 Å². The molecule has 2 N–H and O–H groups in total. The maximum absolute atomic E-state index is 5.34. The molecule has 0 saturated carbocycles. The van der Waals surface area contributed by atoms with Crippen molar-refractivity contribution >= 4 is 5.69 Å². The minimum atomic E-state index is 0. The summed E-state index contributed by atoms with van der Waals surface area (Å²) in [5.41, 5.74) is 6.13. The summed E-state index contributed by atoms with van der Waals surface area (Å²) in [5, 5.41) is 0. The number of benzene rings is 1. The van der Waals surface area contributed by atoms with Crippen LogP contribution in [0, 0.1) is 6.07 Å². The Balaban J connectivity index is 0.000000490. The van der Waals surface area contributed by atoms with Gasteiger partial charge in [0, 0.05) is 17.1 Å². The fourth-order valence-electron chi connectivity index (χ4n) is 0.400. The van der Waals surface area contributed by atoms with E-state index >= 15 is 0 Å². The Morgan fingerprint density at radius 2 is 1.75 bits per heavy atom. The van der Waals surface area contributed by atoms with Crippen molar-refractivity contribution in [3.05, 3.63) is 30.3 Å². The SMILES string of the molecule is Nc1cc[c-]cc1.[Fe]. The summed E-state index contributed by atoms with van der Waals surface area (Å²) < 4.78 is 0. The van der Waals surface area contributed by atoms with Gasteiger partial charge in [-0.1, -0.05) is 5.69 Å². The first-order chi connectivity index (χ1) is 3.39. The largest absolute Gasteiger partial charge is 0.419 e. The van der Waals surface area contributed by atoms with E-state index in [9.17, 15) is 0 Å². The molecular formula is C6H6FeN-. The Morgan fingerprint density at radius 1 is 1.25 bits per heavy atom. The summed E-state index contributed by atoms with van der Waals surface area (Å²) in [4.78, 5) is 0. The Morgan fingerprint density at radius 3 is 2.00 bits per heavy atom. The quantitative estimate of drug-likeness (QED) is 0.332. The number of nitrogen functional groups attached to an aromatic ring is 1. The Hall–Kier alpha value is -0.461. The fourth-order valence-corrected chi connectivity index (χ4v) is 0.400. The van der Waals surface area contributed by atoms with Gasteiger partial charge in [-0.2, -0.15) is 18.2 Å². The average Bonchev–Trinajstić information content (AvgIpc) is 1.69. The molecule has 0 aliphatic carbocycles. The Kier molecular flexibility index (Phi) is 3.33. The standard InChI is InChI=1S/C6H6N.Fe/c7-6-4-2-1-3-5-6;/h2-5H,7H2;/q-1;. The van der Waals surface area contributed by atoms with Crippen LogP contribution in [-0.2, 0) is 17.1 Å². The second kappa shape index (κ2) is 3.53. The monoisotopic (exact) mass is 148 g/mol. The molecule has 2 heteroatoms.